The second kappa shape index (κ2) is 8.68. The van der Waals surface area contributed by atoms with Crippen molar-refractivity contribution in [3.63, 3.8) is 0 Å². The van der Waals surface area contributed by atoms with Gasteiger partial charge in [-0.15, -0.1) is 0 Å². The number of hydrogen-bond donors (Lipinski definition) is 3. The predicted octanol–water partition coefficient (Wildman–Crippen LogP) is 3.81. The second-order valence-corrected chi connectivity index (χ2v) is 6.77. The molecule has 8 heteroatoms. The number of nitrogens with zero attached hydrogens (tertiary/aromatic N) is 2. The molecule has 0 radical (unpaired) electrons. The molecule has 0 amide bonds. The fraction of sp³-hybridized carbons (Fsp3) is 0.278. The number of hydrazine groups is 1. The van der Waals surface area contributed by atoms with Crippen molar-refractivity contribution in [2.24, 2.45) is 0 Å². The van der Waals surface area contributed by atoms with Gasteiger partial charge >= 0.3 is 0 Å². The van der Waals surface area contributed by atoms with Crippen LogP contribution < -0.4 is 10.9 Å². The van der Waals surface area contributed by atoms with E-state index in [1.807, 2.05) is 39.2 Å². The van der Waals surface area contributed by atoms with Crippen LogP contribution in [0.5, 0.6) is 0 Å². The van der Waals surface area contributed by atoms with Gasteiger partial charge in [0.25, 0.3) is 5.70 Å². The van der Waals surface area contributed by atoms with Crippen LogP contribution in [-0.4, -0.2) is 20.9 Å². The molecule has 0 bridgehead atoms. The van der Waals surface area contributed by atoms with Crippen molar-refractivity contribution >= 4 is 16.7 Å². The molecule has 1 atom stereocenters. The summed E-state index contributed by atoms with van der Waals surface area (Å²) in [7, 11) is 0. The molecule has 138 valence electrons. The summed E-state index contributed by atoms with van der Waals surface area (Å²) in [5.74, 6) is 0.825. The van der Waals surface area contributed by atoms with Gasteiger partial charge in [-0.2, -0.15) is 0 Å². The Labute approximate surface area is 157 Å². The number of aryl methyl sites for hydroxylation is 1. The van der Waals surface area contributed by atoms with Gasteiger partial charge in [0.1, 0.15) is 5.82 Å². The maximum atomic E-state index is 11.1. The number of aromatic nitrogens is 2. The monoisotopic (exact) mass is 373 g/mol. The van der Waals surface area contributed by atoms with Gasteiger partial charge in [-0.25, -0.2) is 10.4 Å². The van der Waals surface area contributed by atoms with Crippen molar-refractivity contribution in [1.29, 1.82) is 0 Å². The molecule has 3 N–H and O–H groups in total. The molecule has 1 aliphatic rings. The summed E-state index contributed by atoms with van der Waals surface area (Å²) in [4.78, 5) is 19.2. The fourth-order valence-corrected chi connectivity index (χ4v) is 3.27. The molecule has 0 spiro atoms. The Kier molecular flexibility index (Phi) is 6.59. The molecule has 0 saturated heterocycles. The third kappa shape index (κ3) is 4.53. The zero-order chi connectivity index (χ0) is 19.3. The smallest absolute Gasteiger partial charge is 0.269 e. The Hall–Kier alpha value is -2.58. The molecule has 0 aromatic carbocycles. The SMILES string of the molecule is C=C/C(=C\C1=C(C)NNC1/C(C)=C/S/C(=C\C)c1ncc(C)[nH]1)[N+](=O)[O-]. The van der Waals surface area contributed by atoms with Crippen molar-refractivity contribution in [1.82, 2.24) is 20.8 Å². The van der Waals surface area contributed by atoms with E-state index in [1.54, 1.807) is 24.0 Å². The first-order chi connectivity index (χ1) is 12.4. The zero-order valence-corrected chi connectivity index (χ0v) is 16.1. The van der Waals surface area contributed by atoms with E-state index in [-0.39, 0.29) is 11.7 Å². The van der Waals surface area contributed by atoms with Crippen LogP contribution in [0.3, 0.4) is 0 Å². The quantitative estimate of drug-likeness (QED) is 0.382. The first kappa shape index (κ1) is 19.7. The average Bonchev–Trinajstić information content (AvgIpc) is 3.19. The van der Waals surface area contributed by atoms with E-state index in [9.17, 15) is 10.1 Å². The lowest BCUT2D eigenvalue weighted by molar-refractivity contribution is -0.419. The van der Waals surface area contributed by atoms with Crippen LogP contribution in [0.15, 0.2) is 59.0 Å². The number of aromatic amines is 1. The van der Waals surface area contributed by atoms with Crippen LogP contribution in [0.4, 0.5) is 0 Å². The lowest BCUT2D eigenvalue weighted by atomic mass is 10.0. The number of H-pyrrole nitrogens is 1. The maximum Gasteiger partial charge on any atom is 0.269 e. The van der Waals surface area contributed by atoms with Crippen molar-refractivity contribution < 1.29 is 4.92 Å². The van der Waals surface area contributed by atoms with Crippen LogP contribution in [0.1, 0.15) is 32.3 Å². The summed E-state index contributed by atoms with van der Waals surface area (Å²) < 4.78 is 0. The van der Waals surface area contributed by atoms with Crippen LogP contribution in [0.25, 0.3) is 4.91 Å². The van der Waals surface area contributed by atoms with Gasteiger partial charge in [0, 0.05) is 35.3 Å². The van der Waals surface area contributed by atoms with E-state index in [1.165, 1.54) is 6.08 Å². The number of hydrogen-bond acceptors (Lipinski definition) is 6. The molecule has 0 fully saturated rings. The number of allylic oxidation sites excluding steroid dienone is 3. The van der Waals surface area contributed by atoms with Crippen LogP contribution in [-0.2, 0) is 0 Å². The molecule has 7 nitrogen and oxygen atoms in total. The van der Waals surface area contributed by atoms with Crippen molar-refractivity contribution in [3.8, 4) is 0 Å². The van der Waals surface area contributed by atoms with Gasteiger partial charge in [-0.05, 0) is 38.7 Å². The molecule has 26 heavy (non-hydrogen) atoms. The van der Waals surface area contributed by atoms with Crippen molar-refractivity contribution in [3.05, 3.63) is 80.6 Å². The summed E-state index contributed by atoms with van der Waals surface area (Å²) in [6, 6.07) is -0.158. The summed E-state index contributed by atoms with van der Waals surface area (Å²) in [5.41, 5.74) is 9.88. The first-order valence-corrected chi connectivity index (χ1v) is 8.97. The Morgan fingerprint density at radius 2 is 2.19 bits per heavy atom. The minimum atomic E-state index is -0.437. The number of nitrogens with one attached hydrogen (secondary N) is 3. The maximum absolute atomic E-state index is 11.1. The van der Waals surface area contributed by atoms with Crippen LogP contribution in [0.2, 0.25) is 0 Å². The predicted molar refractivity (Wildman–Crippen MR) is 106 cm³/mol. The van der Waals surface area contributed by atoms with Gasteiger partial charge < -0.3 is 10.4 Å². The molecule has 0 aliphatic carbocycles. The van der Waals surface area contributed by atoms with Gasteiger partial charge in [0.15, 0.2) is 0 Å². The number of nitro groups is 1. The van der Waals surface area contributed by atoms with Gasteiger partial charge in [-0.1, -0.05) is 24.4 Å². The molecule has 2 rings (SSSR count). The lowest BCUT2D eigenvalue weighted by Gasteiger charge is -2.13. The van der Waals surface area contributed by atoms with Crippen LogP contribution >= 0.6 is 11.8 Å². The molecular formula is C18H23N5O2S. The number of rotatable bonds is 7. The van der Waals surface area contributed by atoms with E-state index in [0.29, 0.717) is 0 Å². The third-order valence-corrected chi connectivity index (χ3v) is 5.07. The Balaban J connectivity index is 2.22. The summed E-state index contributed by atoms with van der Waals surface area (Å²) in [6.45, 7) is 11.3. The molecule has 1 unspecified atom stereocenters. The molecule has 1 aromatic rings. The first-order valence-electron chi connectivity index (χ1n) is 8.09. The highest BCUT2D eigenvalue weighted by molar-refractivity contribution is 8.10. The highest BCUT2D eigenvalue weighted by Crippen LogP contribution is 2.30. The van der Waals surface area contributed by atoms with Crippen molar-refractivity contribution in [2.45, 2.75) is 33.7 Å². The average molecular weight is 373 g/mol. The van der Waals surface area contributed by atoms with Gasteiger partial charge in [0.05, 0.1) is 15.9 Å². The summed E-state index contributed by atoms with van der Waals surface area (Å²) >= 11 is 1.56. The molecule has 1 aromatic heterocycles. The van der Waals surface area contributed by atoms with Gasteiger partial charge in [0.2, 0.25) is 0 Å². The molecular weight excluding hydrogens is 350 g/mol. The van der Waals surface area contributed by atoms with Gasteiger partial charge in [-0.3, -0.25) is 10.1 Å². The zero-order valence-electron chi connectivity index (χ0n) is 15.3. The minimum absolute atomic E-state index is 0.0319. The van der Waals surface area contributed by atoms with E-state index in [2.05, 4.69) is 27.4 Å². The highest BCUT2D eigenvalue weighted by atomic mass is 32.2. The minimum Gasteiger partial charge on any atom is -0.342 e. The largest absolute Gasteiger partial charge is 0.342 e. The van der Waals surface area contributed by atoms with Crippen LogP contribution in [0, 0.1) is 17.0 Å². The molecule has 0 saturated carbocycles. The van der Waals surface area contributed by atoms with Crippen molar-refractivity contribution in [2.75, 3.05) is 0 Å². The molecule has 1 aliphatic heterocycles. The molecule has 2 heterocycles. The van der Waals surface area contributed by atoms with E-state index in [4.69, 9.17) is 0 Å². The number of imidazole rings is 1. The summed E-state index contributed by atoms with van der Waals surface area (Å²) in [5, 5.41) is 13.1. The lowest BCUT2D eigenvalue weighted by Crippen LogP contribution is -2.33. The van der Waals surface area contributed by atoms with E-state index in [0.717, 1.165) is 33.3 Å². The highest BCUT2D eigenvalue weighted by Gasteiger charge is 2.25. The normalized spacial score (nSPS) is 18.9. The van der Waals surface area contributed by atoms with E-state index < -0.39 is 4.92 Å². The number of thioether (sulfide) groups is 1. The Bertz CT molecular complexity index is 832. The van der Waals surface area contributed by atoms with E-state index >= 15 is 0 Å². The fourth-order valence-electron chi connectivity index (χ4n) is 2.47. The standard InChI is InChI=1S/C18H23N5O2S/c1-6-14(23(24)25)8-15-13(5)21-22-17(15)11(3)10-26-16(7-2)18-19-9-12(4)20-18/h6-10,17,21-22H,1H2,2-5H3,(H,19,20)/b11-10+,14-8+,16-7-. The Morgan fingerprint density at radius 3 is 2.73 bits per heavy atom. The summed E-state index contributed by atoms with van der Waals surface area (Å²) in [6.07, 6.45) is 6.59. The topological polar surface area (TPSA) is 95.9 Å². The third-order valence-electron chi connectivity index (χ3n) is 3.90. The second-order valence-electron chi connectivity index (χ2n) is 5.86. The Morgan fingerprint density at radius 1 is 1.46 bits per heavy atom.